The number of likely N-dealkylation sites (tertiary alicyclic amines) is 1. The highest BCUT2D eigenvalue weighted by Gasteiger charge is 2.53. The van der Waals surface area contributed by atoms with Crippen molar-refractivity contribution in [2.24, 2.45) is 11.3 Å². The number of nitrogens with zero attached hydrogens (tertiary/aromatic N) is 3. The Labute approximate surface area is 147 Å². The molecule has 0 aromatic carbocycles. The second-order valence-electron chi connectivity index (χ2n) is 8.86. The van der Waals surface area contributed by atoms with Crippen LogP contribution in [0.5, 0.6) is 0 Å². The molecule has 1 aliphatic heterocycles. The monoisotopic (exact) mass is 339 g/mol. The fraction of sp³-hybridized carbons (Fsp3) is 0.600. The van der Waals surface area contributed by atoms with Gasteiger partial charge in [-0.15, -0.1) is 0 Å². The highest BCUT2D eigenvalue weighted by Crippen LogP contribution is 2.53. The van der Waals surface area contributed by atoms with Crippen molar-refractivity contribution in [3.8, 4) is 0 Å². The Morgan fingerprint density at radius 1 is 1.28 bits per heavy atom. The lowest BCUT2D eigenvalue weighted by molar-refractivity contribution is -0.161. The van der Waals surface area contributed by atoms with Gasteiger partial charge in [0.2, 0.25) is 5.91 Å². The number of hydrogen-bond acceptors (Lipinski definition) is 3. The summed E-state index contributed by atoms with van der Waals surface area (Å²) in [6, 6.07) is 6.41. The number of carbonyl (C=O) groups is 1. The van der Waals surface area contributed by atoms with Crippen LogP contribution in [-0.4, -0.2) is 44.2 Å². The highest BCUT2D eigenvalue weighted by molar-refractivity contribution is 5.81. The number of carbonyl (C=O) groups excluding carboxylic acids is 1. The molecule has 0 bridgehead atoms. The molecule has 3 heterocycles. The van der Waals surface area contributed by atoms with E-state index in [0.717, 1.165) is 13.1 Å². The molecule has 2 saturated carbocycles. The maximum absolute atomic E-state index is 12.5. The fourth-order valence-electron chi connectivity index (χ4n) is 5.43. The van der Waals surface area contributed by atoms with E-state index >= 15 is 0 Å². The smallest absolute Gasteiger partial charge is 0.225 e. The van der Waals surface area contributed by atoms with Crippen LogP contribution in [0.25, 0.3) is 5.52 Å². The molecule has 1 amide bonds. The summed E-state index contributed by atoms with van der Waals surface area (Å²) in [5, 5.41) is 14.2. The van der Waals surface area contributed by atoms with Gasteiger partial charge in [0.25, 0.3) is 0 Å². The van der Waals surface area contributed by atoms with Crippen molar-refractivity contribution in [1.29, 1.82) is 0 Å². The summed E-state index contributed by atoms with van der Waals surface area (Å²) in [6.45, 7) is 3.64. The molecule has 5 rings (SSSR count). The maximum atomic E-state index is 12.5. The van der Waals surface area contributed by atoms with Crippen LogP contribution in [0.15, 0.2) is 30.6 Å². The third-order valence-corrected chi connectivity index (χ3v) is 6.70. The third kappa shape index (κ3) is 2.40. The first-order chi connectivity index (χ1) is 11.9. The zero-order chi connectivity index (χ0) is 17.2. The lowest BCUT2D eigenvalue weighted by atomic mass is 9.69. The SMILES string of the molecule is CC1(O)CC(C(=O)N2CC3(CCC(c4cccn5nccc45)C3)C2)C1. The zero-order valence-electron chi connectivity index (χ0n) is 14.7. The van der Waals surface area contributed by atoms with Crippen LogP contribution >= 0.6 is 0 Å². The van der Waals surface area contributed by atoms with Crippen molar-refractivity contribution >= 4 is 11.4 Å². The van der Waals surface area contributed by atoms with Gasteiger partial charge < -0.3 is 10.0 Å². The van der Waals surface area contributed by atoms with Crippen LogP contribution in [-0.2, 0) is 4.79 Å². The van der Waals surface area contributed by atoms with Gasteiger partial charge in [-0.2, -0.15) is 5.10 Å². The van der Waals surface area contributed by atoms with E-state index < -0.39 is 5.60 Å². The average molecular weight is 339 g/mol. The molecule has 2 aromatic heterocycles. The summed E-state index contributed by atoms with van der Waals surface area (Å²) in [6.07, 6.45) is 8.69. The minimum Gasteiger partial charge on any atom is -0.390 e. The first kappa shape index (κ1) is 15.4. The van der Waals surface area contributed by atoms with Crippen LogP contribution in [0.1, 0.15) is 50.5 Å². The van der Waals surface area contributed by atoms with Gasteiger partial charge in [0.05, 0.1) is 11.1 Å². The Kier molecular flexibility index (Phi) is 3.12. The molecule has 1 atom stereocenters. The van der Waals surface area contributed by atoms with E-state index in [-0.39, 0.29) is 11.8 Å². The highest BCUT2D eigenvalue weighted by atomic mass is 16.3. The lowest BCUT2D eigenvalue weighted by Gasteiger charge is -2.52. The number of fused-ring (bicyclic) bond motifs is 1. The Hall–Kier alpha value is -1.88. The molecule has 25 heavy (non-hydrogen) atoms. The van der Waals surface area contributed by atoms with E-state index in [2.05, 4.69) is 23.3 Å². The van der Waals surface area contributed by atoms with E-state index in [4.69, 9.17) is 0 Å². The molecule has 1 saturated heterocycles. The summed E-state index contributed by atoms with van der Waals surface area (Å²) in [5.74, 6) is 0.880. The summed E-state index contributed by atoms with van der Waals surface area (Å²) in [5.41, 5.74) is 2.32. The van der Waals surface area contributed by atoms with Gasteiger partial charge >= 0.3 is 0 Å². The molecular weight excluding hydrogens is 314 g/mol. The average Bonchev–Trinajstić information content (AvgIpc) is 3.16. The second-order valence-corrected chi connectivity index (χ2v) is 8.86. The summed E-state index contributed by atoms with van der Waals surface area (Å²) in [4.78, 5) is 14.6. The van der Waals surface area contributed by atoms with E-state index in [1.54, 1.807) is 0 Å². The van der Waals surface area contributed by atoms with Crippen LogP contribution in [0, 0.1) is 11.3 Å². The number of pyridine rings is 1. The second kappa shape index (κ2) is 5.07. The number of amides is 1. The molecule has 2 aliphatic carbocycles. The summed E-state index contributed by atoms with van der Waals surface area (Å²) in [7, 11) is 0. The Morgan fingerprint density at radius 2 is 2.08 bits per heavy atom. The molecule has 3 aliphatic rings. The van der Waals surface area contributed by atoms with E-state index in [0.29, 0.717) is 24.2 Å². The topological polar surface area (TPSA) is 57.8 Å². The normalized spacial score (nSPS) is 33.4. The molecule has 3 fully saturated rings. The molecule has 132 valence electrons. The van der Waals surface area contributed by atoms with Crippen molar-refractivity contribution in [3.63, 3.8) is 0 Å². The number of rotatable bonds is 2. The van der Waals surface area contributed by atoms with Gasteiger partial charge in [0.1, 0.15) is 0 Å². The minimum absolute atomic E-state index is 0.0464. The molecule has 1 spiro atoms. The van der Waals surface area contributed by atoms with Crippen LogP contribution in [0.3, 0.4) is 0 Å². The van der Waals surface area contributed by atoms with E-state index in [1.165, 1.54) is 30.3 Å². The largest absolute Gasteiger partial charge is 0.390 e. The van der Waals surface area contributed by atoms with Gasteiger partial charge in [-0.1, -0.05) is 6.07 Å². The third-order valence-electron chi connectivity index (χ3n) is 6.70. The number of aromatic nitrogens is 2. The number of aliphatic hydroxyl groups is 1. The molecule has 5 nitrogen and oxygen atoms in total. The van der Waals surface area contributed by atoms with E-state index in [1.807, 2.05) is 28.7 Å². The maximum Gasteiger partial charge on any atom is 0.225 e. The predicted molar refractivity (Wildman–Crippen MR) is 94.1 cm³/mol. The van der Waals surface area contributed by atoms with Crippen molar-refractivity contribution in [3.05, 3.63) is 36.2 Å². The number of hydrogen-bond donors (Lipinski definition) is 1. The Morgan fingerprint density at radius 3 is 2.84 bits per heavy atom. The van der Waals surface area contributed by atoms with Gasteiger partial charge in [0.15, 0.2) is 0 Å². The molecule has 2 aromatic rings. The van der Waals surface area contributed by atoms with Crippen molar-refractivity contribution < 1.29 is 9.90 Å². The van der Waals surface area contributed by atoms with Crippen LogP contribution < -0.4 is 0 Å². The molecule has 5 heteroatoms. The Bertz CT molecular complexity index is 826. The quantitative estimate of drug-likeness (QED) is 0.915. The summed E-state index contributed by atoms with van der Waals surface area (Å²) >= 11 is 0. The Balaban J connectivity index is 1.25. The molecule has 1 N–H and O–H groups in total. The zero-order valence-corrected chi connectivity index (χ0v) is 14.7. The minimum atomic E-state index is -0.620. The summed E-state index contributed by atoms with van der Waals surface area (Å²) < 4.78 is 1.96. The fourth-order valence-corrected chi connectivity index (χ4v) is 5.43. The van der Waals surface area contributed by atoms with Gasteiger partial charge in [0, 0.05) is 36.8 Å². The van der Waals surface area contributed by atoms with Crippen LogP contribution in [0.4, 0.5) is 0 Å². The molecule has 0 radical (unpaired) electrons. The molecule has 1 unspecified atom stereocenters. The van der Waals surface area contributed by atoms with E-state index in [9.17, 15) is 9.90 Å². The predicted octanol–water partition coefficient (Wildman–Crippen LogP) is 2.59. The van der Waals surface area contributed by atoms with Gasteiger partial charge in [-0.05, 0) is 62.6 Å². The first-order valence-electron chi connectivity index (χ1n) is 9.38. The van der Waals surface area contributed by atoms with Crippen LogP contribution in [0.2, 0.25) is 0 Å². The van der Waals surface area contributed by atoms with Crippen molar-refractivity contribution in [1.82, 2.24) is 14.5 Å². The van der Waals surface area contributed by atoms with Crippen molar-refractivity contribution in [2.75, 3.05) is 13.1 Å². The van der Waals surface area contributed by atoms with Crippen molar-refractivity contribution in [2.45, 2.75) is 50.5 Å². The lowest BCUT2D eigenvalue weighted by Crippen LogP contribution is -2.61. The first-order valence-corrected chi connectivity index (χ1v) is 9.38. The molecular formula is C20H25N3O2. The standard InChI is InChI=1S/C20H25N3O2/c1-19(25)9-15(10-19)18(24)22-12-20(13-22)6-4-14(11-20)16-3-2-8-23-17(16)5-7-21-23/h2-3,5,7-8,14-15,25H,4,6,9-13H2,1H3. The van der Waals surface area contributed by atoms with Gasteiger partial charge in [-0.25, -0.2) is 4.52 Å². The van der Waals surface area contributed by atoms with Gasteiger partial charge in [-0.3, -0.25) is 4.79 Å².